The Morgan fingerprint density at radius 3 is 1.67 bits per heavy atom. The zero-order valence-electron chi connectivity index (χ0n) is 17.0. The quantitative estimate of drug-likeness (QED) is 0.292. The van der Waals surface area contributed by atoms with Gasteiger partial charge in [0, 0.05) is 6.42 Å². The standard InChI is InChI=1S/C17H40O4Si3/c1-22(2,3)20-24(6,7)21-23(4,5)16-14-12-10-8-9-11-13-15-17(18)19/h8-16H2,1-7H3,(H,18,19). The van der Waals surface area contributed by atoms with Crippen molar-refractivity contribution in [3.8, 4) is 0 Å². The summed E-state index contributed by atoms with van der Waals surface area (Å²) >= 11 is 0. The van der Waals surface area contributed by atoms with E-state index in [0.29, 0.717) is 6.42 Å². The molecule has 0 unspecified atom stereocenters. The van der Waals surface area contributed by atoms with Gasteiger partial charge in [-0.15, -0.1) is 0 Å². The van der Waals surface area contributed by atoms with Crippen LogP contribution < -0.4 is 0 Å². The fraction of sp³-hybridized carbons (Fsp3) is 0.941. The van der Waals surface area contributed by atoms with Crippen LogP contribution in [0.2, 0.25) is 51.9 Å². The third-order valence-corrected chi connectivity index (χ3v) is 13.9. The monoisotopic (exact) mass is 392 g/mol. The van der Waals surface area contributed by atoms with Crippen LogP contribution in [0.4, 0.5) is 0 Å². The average Bonchev–Trinajstić information content (AvgIpc) is 2.31. The van der Waals surface area contributed by atoms with Crippen LogP contribution in [0.15, 0.2) is 0 Å². The summed E-state index contributed by atoms with van der Waals surface area (Å²) in [5, 5.41) is 8.59. The molecule has 4 nitrogen and oxygen atoms in total. The minimum atomic E-state index is -2.00. The SMILES string of the molecule is C[Si](C)(C)O[Si](C)(C)O[Si](C)(C)CCCCCCCCCC(=O)O. The van der Waals surface area contributed by atoms with Crippen LogP contribution in [-0.4, -0.2) is 36.3 Å². The van der Waals surface area contributed by atoms with Gasteiger partial charge in [-0.05, 0) is 58.3 Å². The van der Waals surface area contributed by atoms with Crippen molar-refractivity contribution in [1.82, 2.24) is 0 Å². The maximum atomic E-state index is 10.4. The summed E-state index contributed by atoms with van der Waals surface area (Å²) in [6, 6.07) is 1.21. The summed E-state index contributed by atoms with van der Waals surface area (Å²) in [5.41, 5.74) is 0. The molecule has 0 radical (unpaired) electrons. The highest BCUT2D eigenvalue weighted by molar-refractivity contribution is 6.87. The molecule has 0 fully saturated rings. The second-order valence-electron chi connectivity index (χ2n) is 8.84. The van der Waals surface area contributed by atoms with E-state index < -0.39 is 31.2 Å². The first-order valence-electron chi connectivity index (χ1n) is 9.45. The van der Waals surface area contributed by atoms with Gasteiger partial charge in [-0.3, -0.25) is 4.79 Å². The molecular weight excluding hydrogens is 352 g/mol. The van der Waals surface area contributed by atoms with E-state index in [0.717, 1.165) is 19.3 Å². The number of unbranched alkanes of at least 4 members (excludes halogenated alkanes) is 6. The first kappa shape index (κ1) is 24.0. The van der Waals surface area contributed by atoms with E-state index in [1.54, 1.807) is 0 Å². The van der Waals surface area contributed by atoms with Crippen LogP contribution in [0.5, 0.6) is 0 Å². The van der Waals surface area contributed by atoms with Crippen molar-refractivity contribution in [3.63, 3.8) is 0 Å². The van der Waals surface area contributed by atoms with Gasteiger partial charge in [-0.25, -0.2) is 0 Å². The molecule has 0 aromatic heterocycles. The van der Waals surface area contributed by atoms with E-state index in [1.165, 1.54) is 31.7 Å². The number of aliphatic carboxylic acids is 1. The van der Waals surface area contributed by atoms with Crippen molar-refractivity contribution < 1.29 is 18.1 Å². The predicted molar refractivity (Wildman–Crippen MR) is 110 cm³/mol. The van der Waals surface area contributed by atoms with E-state index in [2.05, 4.69) is 45.8 Å². The van der Waals surface area contributed by atoms with E-state index >= 15 is 0 Å². The fourth-order valence-electron chi connectivity index (χ4n) is 3.19. The number of hydrogen-bond donors (Lipinski definition) is 1. The van der Waals surface area contributed by atoms with Crippen molar-refractivity contribution in [1.29, 1.82) is 0 Å². The maximum absolute atomic E-state index is 10.4. The maximum Gasteiger partial charge on any atom is 0.311 e. The van der Waals surface area contributed by atoms with Crippen LogP contribution in [0, 0.1) is 0 Å². The summed E-state index contributed by atoms with van der Waals surface area (Å²) in [6.45, 7) is 15.7. The molecule has 7 heteroatoms. The lowest BCUT2D eigenvalue weighted by atomic mass is 10.1. The van der Waals surface area contributed by atoms with E-state index in [-0.39, 0.29) is 0 Å². The van der Waals surface area contributed by atoms with Gasteiger partial charge < -0.3 is 13.3 Å². The lowest BCUT2D eigenvalue weighted by Crippen LogP contribution is -2.51. The minimum absolute atomic E-state index is 0.316. The third kappa shape index (κ3) is 15.6. The second-order valence-corrected chi connectivity index (χ2v) is 21.5. The zero-order chi connectivity index (χ0) is 18.9. The molecule has 0 heterocycles. The Morgan fingerprint density at radius 1 is 0.750 bits per heavy atom. The highest BCUT2D eigenvalue weighted by atomic mass is 28.5. The largest absolute Gasteiger partial charge is 0.481 e. The molecule has 0 atom stereocenters. The molecule has 0 saturated heterocycles. The van der Waals surface area contributed by atoms with Gasteiger partial charge in [0.05, 0.1) is 0 Å². The average molecular weight is 393 g/mol. The van der Waals surface area contributed by atoms with Gasteiger partial charge >= 0.3 is 14.5 Å². The number of hydrogen-bond acceptors (Lipinski definition) is 3. The summed E-state index contributed by atoms with van der Waals surface area (Å²) in [5.74, 6) is -0.674. The van der Waals surface area contributed by atoms with E-state index in [1.807, 2.05) is 0 Å². The van der Waals surface area contributed by atoms with E-state index in [9.17, 15) is 4.79 Å². The molecule has 0 aliphatic heterocycles. The first-order chi connectivity index (χ1) is 10.8. The normalized spacial score (nSPS) is 13.3. The molecule has 0 amide bonds. The highest BCUT2D eigenvalue weighted by Gasteiger charge is 2.37. The van der Waals surface area contributed by atoms with Crippen molar-refractivity contribution in [3.05, 3.63) is 0 Å². The molecule has 144 valence electrons. The molecule has 0 aromatic rings. The highest BCUT2D eigenvalue weighted by Crippen LogP contribution is 2.24. The van der Waals surface area contributed by atoms with Crippen LogP contribution in [0.1, 0.15) is 51.4 Å². The molecule has 1 N–H and O–H groups in total. The number of rotatable bonds is 14. The predicted octanol–water partition coefficient (Wildman–Crippen LogP) is 5.97. The molecule has 24 heavy (non-hydrogen) atoms. The number of carboxylic acids is 1. The smallest absolute Gasteiger partial charge is 0.311 e. The second kappa shape index (κ2) is 10.9. The van der Waals surface area contributed by atoms with Crippen molar-refractivity contribution in [2.45, 2.75) is 103 Å². The zero-order valence-corrected chi connectivity index (χ0v) is 20.0. The van der Waals surface area contributed by atoms with Crippen LogP contribution in [0.25, 0.3) is 0 Å². The molecular formula is C17H40O4Si3. The molecule has 0 spiro atoms. The van der Waals surface area contributed by atoms with Gasteiger partial charge in [-0.2, -0.15) is 0 Å². The van der Waals surface area contributed by atoms with Crippen LogP contribution in [-0.2, 0) is 13.0 Å². The Morgan fingerprint density at radius 2 is 1.21 bits per heavy atom. The molecule has 0 aromatic carbocycles. The van der Waals surface area contributed by atoms with Gasteiger partial charge in [-0.1, -0.05) is 38.5 Å². The molecule has 0 aliphatic carbocycles. The summed E-state index contributed by atoms with van der Waals surface area (Å²) in [7, 11) is -5.17. The van der Waals surface area contributed by atoms with Crippen molar-refractivity contribution >= 4 is 31.2 Å². The topological polar surface area (TPSA) is 55.8 Å². The molecule has 0 bridgehead atoms. The summed E-state index contributed by atoms with van der Waals surface area (Å²) in [4.78, 5) is 10.4. The molecule has 0 aliphatic rings. The van der Waals surface area contributed by atoms with Crippen molar-refractivity contribution in [2.24, 2.45) is 0 Å². The Kier molecular flexibility index (Phi) is 10.9. The molecule has 0 saturated carbocycles. The Hall–Kier alpha value is 0.0406. The van der Waals surface area contributed by atoms with Crippen molar-refractivity contribution in [2.75, 3.05) is 0 Å². The lowest BCUT2D eigenvalue weighted by Gasteiger charge is -2.37. The number of carboxylic acid groups (broad SMARTS) is 1. The van der Waals surface area contributed by atoms with Gasteiger partial charge in [0.25, 0.3) is 0 Å². The summed E-state index contributed by atoms with van der Waals surface area (Å²) in [6.07, 6.45) is 8.32. The first-order valence-corrected chi connectivity index (χ1v) is 18.8. The number of carbonyl (C=O) groups is 1. The van der Waals surface area contributed by atoms with Gasteiger partial charge in [0.1, 0.15) is 0 Å². The van der Waals surface area contributed by atoms with Crippen LogP contribution in [0.3, 0.4) is 0 Å². The molecule has 0 rings (SSSR count). The Bertz CT molecular complexity index is 365. The van der Waals surface area contributed by atoms with Gasteiger partial charge in [0.2, 0.25) is 0 Å². The third-order valence-electron chi connectivity index (χ3n) is 3.74. The van der Waals surface area contributed by atoms with E-state index in [4.69, 9.17) is 13.3 Å². The van der Waals surface area contributed by atoms with Gasteiger partial charge in [0.15, 0.2) is 16.6 Å². The van der Waals surface area contributed by atoms with Crippen LogP contribution >= 0.6 is 0 Å². The minimum Gasteiger partial charge on any atom is -0.481 e. The Balaban J connectivity index is 3.83. The Labute approximate surface area is 152 Å². The fourth-order valence-corrected chi connectivity index (χ4v) is 16.5. The lowest BCUT2D eigenvalue weighted by molar-refractivity contribution is -0.137. The summed E-state index contributed by atoms with van der Waals surface area (Å²) < 4.78 is 12.8.